The molecule has 4 amide bonds. The zero-order valence-electron chi connectivity index (χ0n) is 18.7. The summed E-state index contributed by atoms with van der Waals surface area (Å²) in [7, 11) is 0. The molecule has 2 aliphatic rings. The highest BCUT2D eigenvalue weighted by Crippen LogP contribution is 2.20. The highest BCUT2D eigenvalue weighted by Gasteiger charge is 2.43. The van der Waals surface area contributed by atoms with Gasteiger partial charge in [-0.15, -0.1) is 0 Å². The van der Waals surface area contributed by atoms with Crippen LogP contribution >= 0.6 is 0 Å². The summed E-state index contributed by atoms with van der Waals surface area (Å²) in [6, 6.07) is 6.98. The second kappa shape index (κ2) is 9.99. The molecule has 2 N–H and O–H groups in total. The van der Waals surface area contributed by atoms with Crippen molar-refractivity contribution in [2.45, 2.75) is 45.3 Å². The van der Waals surface area contributed by atoms with E-state index in [1.54, 1.807) is 26.0 Å². The van der Waals surface area contributed by atoms with Crippen molar-refractivity contribution >= 4 is 35.2 Å². The van der Waals surface area contributed by atoms with Gasteiger partial charge in [0.05, 0.1) is 13.2 Å². The molecule has 0 spiro atoms. The van der Waals surface area contributed by atoms with Crippen LogP contribution in [0.4, 0.5) is 16.2 Å². The van der Waals surface area contributed by atoms with Gasteiger partial charge in [-0.2, -0.15) is 0 Å². The van der Waals surface area contributed by atoms with Crippen LogP contribution in [0.25, 0.3) is 0 Å². The monoisotopic (exact) mass is 446 g/mol. The molecule has 1 atom stereocenters. The number of hydrogen-bond acceptors (Lipinski definition) is 7. The number of hydrogen-bond donors (Lipinski definition) is 2. The SMILES string of the molecule is CC(OC(=O)CCCN1C(=O)NC(C)(C)C1=O)C(=O)Nc1ccc(N2CCOCC2)cc1. The molecule has 0 aliphatic carbocycles. The van der Waals surface area contributed by atoms with E-state index in [1.807, 2.05) is 12.1 Å². The molecule has 2 heterocycles. The van der Waals surface area contributed by atoms with Gasteiger partial charge >= 0.3 is 12.0 Å². The predicted molar refractivity (Wildman–Crippen MR) is 117 cm³/mol. The van der Waals surface area contributed by atoms with Gasteiger partial charge in [-0.25, -0.2) is 4.79 Å². The molecule has 0 saturated carbocycles. The number of carbonyl (C=O) groups is 4. The second-order valence-electron chi connectivity index (χ2n) is 8.38. The van der Waals surface area contributed by atoms with Crippen LogP contribution in [0, 0.1) is 0 Å². The van der Waals surface area contributed by atoms with Gasteiger partial charge in [0.1, 0.15) is 5.54 Å². The molecule has 174 valence electrons. The molecule has 2 aliphatic heterocycles. The number of amides is 4. The second-order valence-corrected chi connectivity index (χ2v) is 8.38. The first-order valence-electron chi connectivity index (χ1n) is 10.7. The van der Waals surface area contributed by atoms with Crippen molar-refractivity contribution < 1.29 is 28.7 Å². The first-order valence-corrected chi connectivity index (χ1v) is 10.7. The maximum absolute atomic E-state index is 12.4. The van der Waals surface area contributed by atoms with E-state index in [0.717, 1.165) is 23.7 Å². The van der Waals surface area contributed by atoms with Gasteiger partial charge < -0.3 is 25.0 Å². The molecule has 0 radical (unpaired) electrons. The molecule has 2 saturated heterocycles. The van der Waals surface area contributed by atoms with Gasteiger partial charge in [-0.3, -0.25) is 19.3 Å². The fourth-order valence-electron chi connectivity index (χ4n) is 3.53. The average molecular weight is 447 g/mol. The molecule has 1 aromatic carbocycles. The van der Waals surface area contributed by atoms with Crippen molar-refractivity contribution in [1.82, 2.24) is 10.2 Å². The van der Waals surface area contributed by atoms with Gasteiger partial charge in [0.2, 0.25) is 0 Å². The summed E-state index contributed by atoms with van der Waals surface area (Å²) in [5.41, 5.74) is 0.723. The molecule has 1 aromatic rings. The summed E-state index contributed by atoms with van der Waals surface area (Å²) < 4.78 is 10.5. The van der Waals surface area contributed by atoms with Gasteiger partial charge in [0.15, 0.2) is 6.10 Å². The van der Waals surface area contributed by atoms with E-state index in [0.29, 0.717) is 18.9 Å². The number of nitrogens with zero attached hydrogens (tertiary/aromatic N) is 2. The van der Waals surface area contributed by atoms with Gasteiger partial charge in [0.25, 0.3) is 11.8 Å². The van der Waals surface area contributed by atoms with Crippen LogP contribution in [0.2, 0.25) is 0 Å². The molecular formula is C22H30N4O6. The van der Waals surface area contributed by atoms with Gasteiger partial charge in [-0.1, -0.05) is 0 Å². The molecular weight excluding hydrogens is 416 g/mol. The first-order chi connectivity index (χ1) is 15.2. The normalized spacial score (nSPS) is 18.8. The van der Waals surface area contributed by atoms with E-state index in [1.165, 1.54) is 6.92 Å². The Morgan fingerprint density at radius 1 is 1.19 bits per heavy atom. The Labute approximate surface area is 187 Å². The third-order valence-corrected chi connectivity index (χ3v) is 5.40. The molecule has 0 bridgehead atoms. The number of anilines is 2. The third kappa shape index (κ3) is 5.76. The highest BCUT2D eigenvalue weighted by atomic mass is 16.5. The van der Waals surface area contributed by atoms with Crippen LogP contribution in [0.5, 0.6) is 0 Å². The van der Waals surface area contributed by atoms with Crippen LogP contribution < -0.4 is 15.5 Å². The topological polar surface area (TPSA) is 117 Å². The number of morpholine rings is 1. The number of benzene rings is 1. The minimum absolute atomic E-state index is 0.0106. The summed E-state index contributed by atoms with van der Waals surface area (Å²) in [4.78, 5) is 51.7. The largest absolute Gasteiger partial charge is 0.453 e. The van der Waals surface area contributed by atoms with Gasteiger partial charge in [0, 0.05) is 37.4 Å². The number of imide groups is 1. The lowest BCUT2D eigenvalue weighted by atomic mass is 10.1. The van der Waals surface area contributed by atoms with E-state index in [-0.39, 0.29) is 25.3 Å². The lowest BCUT2D eigenvalue weighted by Gasteiger charge is -2.28. The lowest BCUT2D eigenvalue weighted by Crippen LogP contribution is -2.40. The average Bonchev–Trinajstić information content (AvgIpc) is 2.96. The number of nitrogens with one attached hydrogen (secondary N) is 2. The summed E-state index contributed by atoms with van der Waals surface area (Å²) >= 11 is 0. The molecule has 3 rings (SSSR count). The fourth-order valence-corrected chi connectivity index (χ4v) is 3.53. The summed E-state index contributed by atoms with van der Waals surface area (Å²) in [6.45, 7) is 7.90. The maximum atomic E-state index is 12.4. The smallest absolute Gasteiger partial charge is 0.325 e. The standard InChI is InChI=1S/C22H30N4O6/c1-15(32-18(27)5-4-10-26-20(29)22(2,3)24-21(26)30)19(28)23-16-6-8-17(9-7-16)25-11-13-31-14-12-25/h6-9,15H,4-5,10-14H2,1-3H3,(H,23,28)(H,24,30). The number of esters is 1. The van der Waals surface area contributed by atoms with E-state index in [2.05, 4.69) is 15.5 Å². The number of rotatable bonds is 8. The van der Waals surface area contributed by atoms with Crippen LogP contribution in [0.15, 0.2) is 24.3 Å². The Morgan fingerprint density at radius 3 is 2.44 bits per heavy atom. The minimum atomic E-state index is -0.975. The Balaban J connectivity index is 1.40. The number of carbonyl (C=O) groups excluding carboxylic acids is 4. The molecule has 32 heavy (non-hydrogen) atoms. The predicted octanol–water partition coefficient (Wildman–Crippen LogP) is 1.50. The third-order valence-electron chi connectivity index (χ3n) is 5.40. The Hall–Kier alpha value is -3.14. The molecule has 10 nitrogen and oxygen atoms in total. The van der Waals surface area contributed by atoms with Crippen molar-refractivity contribution in [3.05, 3.63) is 24.3 Å². The first kappa shape index (κ1) is 23.5. The zero-order valence-corrected chi connectivity index (χ0v) is 18.7. The number of urea groups is 1. The molecule has 1 unspecified atom stereocenters. The zero-order chi connectivity index (χ0) is 23.3. The van der Waals surface area contributed by atoms with Crippen molar-refractivity contribution in [3.63, 3.8) is 0 Å². The quantitative estimate of drug-likeness (QED) is 0.459. The minimum Gasteiger partial charge on any atom is -0.453 e. The van der Waals surface area contributed by atoms with E-state index >= 15 is 0 Å². The van der Waals surface area contributed by atoms with E-state index in [9.17, 15) is 19.2 Å². The van der Waals surface area contributed by atoms with Gasteiger partial charge in [-0.05, 0) is 51.5 Å². The van der Waals surface area contributed by atoms with E-state index < -0.39 is 29.6 Å². The maximum Gasteiger partial charge on any atom is 0.325 e. The fraction of sp³-hybridized carbons (Fsp3) is 0.545. The van der Waals surface area contributed by atoms with Crippen molar-refractivity contribution in [2.24, 2.45) is 0 Å². The molecule has 10 heteroatoms. The van der Waals surface area contributed by atoms with Crippen LogP contribution in [-0.4, -0.2) is 73.2 Å². The Kier molecular flexibility index (Phi) is 7.34. The molecule has 2 fully saturated rings. The van der Waals surface area contributed by atoms with E-state index in [4.69, 9.17) is 9.47 Å². The summed E-state index contributed by atoms with van der Waals surface area (Å²) in [5.74, 6) is -1.33. The Bertz CT molecular complexity index is 864. The van der Waals surface area contributed by atoms with Crippen LogP contribution in [0.1, 0.15) is 33.6 Å². The lowest BCUT2D eigenvalue weighted by molar-refractivity contribution is -0.153. The van der Waals surface area contributed by atoms with Crippen LogP contribution in [-0.2, 0) is 23.9 Å². The highest BCUT2D eigenvalue weighted by molar-refractivity contribution is 6.06. The van der Waals surface area contributed by atoms with Crippen LogP contribution in [0.3, 0.4) is 0 Å². The Morgan fingerprint density at radius 2 is 1.84 bits per heavy atom. The number of ether oxygens (including phenoxy) is 2. The van der Waals surface area contributed by atoms with Crippen molar-refractivity contribution in [3.8, 4) is 0 Å². The summed E-state index contributed by atoms with van der Waals surface area (Å²) in [5, 5.41) is 5.32. The molecule has 0 aromatic heterocycles. The van der Waals surface area contributed by atoms with Crippen molar-refractivity contribution in [1.29, 1.82) is 0 Å². The summed E-state index contributed by atoms with van der Waals surface area (Å²) in [6.07, 6.45) is -0.730. The van der Waals surface area contributed by atoms with Crippen molar-refractivity contribution in [2.75, 3.05) is 43.1 Å².